The van der Waals surface area contributed by atoms with Crippen LogP contribution in [0.5, 0.6) is 5.88 Å². The van der Waals surface area contributed by atoms with Gasteiger partial charge in [-0.3, -0.25) is 0 Å². The molecule has 1 unspecified atom stereocenters. The summed E-state index contributed by atoms with van der Waals surface area (Å²) in [7, 11) is 1.58. The lowest BCUT2D eigenvalue weighted by Crippen LogP contribution is -2.48. The van der Waals surface area contributed by atoms with Crippen LogP contribution in [0.3, 0.4) is 0 Å². The molecule has 2 heterocycles. The highest BCUT2D eigenvalue weighted by atomic mass is 32.1. The molecule has 0 saturated carbocycles. The molecule has 3 N–H and O–H groups in total. The van der Waals surface area contributed by atoms with Crippen molar-refractivity contribution in [2.24, 2.45) is 0 Å². The van der Waals surface area contributed by atoms with Crippen LogP contribution in [0.4, 0.5) is 5.69 Å². The Morgan fingerprint density at radius 1 is 1.29 bits per heavy atom. The van der Waals surface area contributed by atoms with E-state index in [1.54, 1.807) is 20.2 Å². The zero-order chi connectivity index (χ0) is 24.1. The first-order chi connectivity index (χ1) is 16.5. The van der Waals surface area contributed by atoms with Crippen LogP contribution in [0.1, 0.15) is 30.2 Å². The molecular formula is C24H26N4O5S. The second kappa shape index (κ2) is 10.2. The molecular weight excluding hydrogens is 456 g/mol. The molecule has 0 radical (unpaired) electrons. The molecule has 1 aliphatic rings. The van der Waals surface area contributed by atoms with E-state index in [9.17, 15) is 9.90 Å². The number of pyridine rings is 1. The van der Waals surface area contributed by atoms with Gasteiger partial charge in [0.15, 0.2) is 5.11 Å². The Balaban J connectivity index is 1.59. The van der Waals surface area contributed by atoms with Crippen LogP contribution >= 0.6 is 12.2 Å². The zero-order valence-electron chi connectivity index (χ0n) is 19.0. The number of carbonyl (C=O) groups excluding carboxylic acids is 1. The number of hydrogen-bond acceptors (Lipinski definition) is 8. The summed E-state index contributed by atoms with van der Waals surface area (Å²) in [5.41, 5.74) is 3.18. The van der Waals surface area contributed by atoms with Gasteiger partial charge in [-0.25, -0.2) is 9.78 Å². The number of nitrogens with one attached hydrogen (secondary N) is 2. The zero-order valence-corrected chi connectivity index (χ0v) is 19.8. The first-order valence-corrected chi connectivity index (χ1v) is 11.4. The smallest absolute Gasteiger partial charge is 0.346 e. The van der Waals surface area contributed by atoms with Gasteiger partial charge in [0.1, 0.15) is 12.0 Å². The Morgan fingerprint density at radius 3 is 2.88 bits per heavy atom. The number of aromatic nitrogens is 2. The van der Waals surface area contributed by atoms with Gasteiger partial charge in [0.2, 0.25) is 11.5 Å². The molecule has 1 atom stereocenters. The van der Waals surface area contributed by atoms with Crippen molar-refractivity contribution in [3.63, 3.8) is 0 Å². The molecule has 178 valence electrons. The normalized spacial score (nSPS) is 14.1. The summed E-state index contributed by atoms with van der Waals surface area (Å²) >= 11 is 5.55. The molecule has 4 rings (SSSR count). The highest BCUT2D eigenvalue weighted by Gasteiger charge is 2.42. The molecule has 10 heteroatoms. The Labute approximate surface area is 202 Å². The largest absolute Gasteiger partial charge is 0.481 e. The van der Waals surface area contributed by atoms with Crippen molar-refractivity contribution in [2.75, 3.05) is 25.6 Å². The number of aryl methyl sites for hydroxylation is 1. The molecule has 3 aromatic rings. The summed E-state index contributed by atoms with van der Waals surface area (Å²) in [6.45, 7) is 1.51. The average Bonchev–Trinajstić information content (AvgIpc) is 3.56. The molecule has 0 spiro atoms. The first kappa shape index (κ1) is 23.7. The van der Waals surface area contributed by atoms with E-state index in [1.165, 1.54) is 23.5 Å². The second-order valence-corrected chi connectivity index (χ2v) is 8.25. The highest BCUT2D eigenvalue weighted by molar-refractivity contribution is 7.80. The standard InChI is InChI=1S/C24H26N4O5S/c1-3-32-22(29)24(30,19-10-12-33-28-19)14-26-23(34)27-21-17-6-4-5-15(17)7-8-18(21)16-9-11-25-20(13-16)31-2/h7-13,30H,3-6,14H2,1-2H3,(H2,26,27,34). The van der Waals surface area contributed by atoms with Crippen LogP contribution in [-0.2, 0) is 28.0 Å². The number of anilines is 1. The van der Waals surface area contributed by atoms with E-state index >= 15 is 0 Å². The third kappa shape index (κ3) is 4.73. The molecule has 0 fully saturated rings. The predicted molar refractivity (Wildman–Crippen MR) is 130 cm³/mol. The average molecular weight is 483 g/mol. The van der Waals surface area contributed by atoms with E-state index in [4.69, 9.17) is 26.2 Å². The van der Waals surface area contributed by atoms with Gasteiger partial charge >= 0.3 is 5.97 Å². The number of aliphatic hydroxyl groups is 1. The van der Waals surface area contributed by atoms with E-state index in [0.29, 0.717) is 5.88 Å². The fourth-order valence-corrected chi connectivity index (χ4v) is 4.22. The van der Waals surface area contributed by atoms with Gasteiger partial charge in [0.25, 0.3) is 0 Å². The molecule has 0 bridgehead atoms. The molecule has 0 aliphatic heterocycles. The minimum atomic E-state index is -2.06. The van der Waals surface area contributed by atoms with Crippen molar-refractivity contribution in [3.05, 3.63) is 59.6 Å². The van der Waals surface area contributed by atoms with Crippen molar-refractivity contribution >= 4 is 29.0 Å². The van der Waals surface area contributed by atoms with Gasteiger partial charge in [-0.1, -0.05) is 17.3 Å². The number of benzene rings is 1. The summed E-state index contributed by atoms with van der Waals surface area (Å²) < 4.78 is 15.2. The number of rotatable bonds is 8. The maximum Gasteiger partial charge on any atom is 0.346 e. The van der Waals surface area contributed by atoms with Gasteiger partial charge < -0.3 is 29.7 Å². The van der Waals surface area contributed by atoms with Crippen molar-refractivity contribution in [2.45, 2.75) is 31.8 Å². The number of thiocarbonyl (C=S) groups is 1. The maximum absolute atomic E-state index is 12.5. The van der Waals surface area contributed by atoms with Gasteiger partial charge in [-0.05, 0) is 61.2 Å². The number of esters is 1. The Kier molecular flexibility index (Phi) is 7.09. The van der Waals surface area contributed by atoms with Gasteiger partial charge in [-0.2, -0.15) is 0 Å². The third-order valence-electron chi connectivity index (χ3n) is 5.76. The summed E-state index contributed by atoms with van der Waals surface area (Å²) in [4.78, 5) is 16.7. The van der Waals surface area contributed by atoms with Crippen LogP contribution in [-0.4, -0.2) is 46.6 Å². The SMILES string of the molecule is CCOC(=O)C(O)(CNC(=S)Nc1c(-c2ccnc(OC)c2)ccc2c1CCC2)c1ccon1. The van der Waals surface area contributed by atoms with E-state index in [2.05, 4.69) is 26.8 Å². The topological polar surface area (TPSA) is 119 Å². The van der Waals surface area contributed by atoms with Crippen LogP contribution in [0, 0.1) is 0 Å². The fraction of sp³-hybridized carbons (Fsp3) is 0.333. The van der Waals surface area contributed by atoms with Gasteiger partial charge in [0, 0.05) is 23.9 Å². The number of carbonyl (C=O) groups is 1. The lowest BCUT2D eigenvalue weighted by atomic mass is 9.98. The first-order valence-electron chi connectivity index (χ1n) is 11.0. The number of methoxy groups -OCH3 is 1. The van der Waals surface area contributed by atoms with Crippen LogP contribution in [0.25, 0.3) is 11.1 Å². The predicted octanol–water partition coefficient (Wildman–Crippen LogP) is 2.97. The third-order valence-corrected chi connectivity index (χ3v) is 6.00. The number of ether oxygens (including phenoxy) is 2. The number of hydrogen-bond donors (Lipinski definition) is 3. The molecule has 34 heavy (non-hydrogen) atoms. The summed E-state index contributed by atoms with van der Waals surface area (Å²) in [6, 6.07) is 9.37. The van der Waals surface area contributed by atoms with Gasteiger partial charge in [-0.15, -0.1) is 0 Å². The molecule has 9 nitrogen and oxygen atoms in total. The summed E-state index contributed by atoms with van der Waals surface area (Å²) in [5, 5.41) is 21.3. The van der Waals surface area contributed by atoms with E-state index in [1.807, 2.05) is 18.2 Å². The highest BCUT2D eigenvalue weighted by Crippen LogP contribution is 2.38. The van der Waals surface area contributed by atoms with Crippen LogP contribution in [0.2, 0.25) is 0 Å². The van der Waals surface area contributed by atoms with Crippen molar-refractivity contribution in [1.82, 2.24) is 15.5 Å². The molecule has 2 aromatic heterocycles. The van der Waals surface area contributed by atoms with E-state index < -0.39 is 11.6 Å². The summed E-state index contributed by atoms with van der Waals surface area (Å²) in [6.07, 6.45) is 5.95. The molecule has 0 saturated heterocycles. The maximum atomic E-state index is 12.5. The summed E-state index contributed by atoms with van der Waals surface area (Å²) in [5.74, 6) is -0.332. The van der Waals surface area contributed by atoms with Crippen molar-refractivity contribution in [1.29, 1.82) is 0 Å². The molecule has 0 amide bonds. The minimum absolute atomic E-state index is 0.0337. The van der Waals surface area contributed by atoms with E-state index in [-0.39, 0.29) is 24.0 Å². The minimum Gasteiger partial charge on any atom is -0.481 e. The van der Waals surface area contributed by atoms with Crippen LogP contribution < -0.4 is 15.4 Å². The lowest BCUT2D eigenvalue weighted by Gasteiger charge is -2.25. The lowest BCUT2D eigenvalue weighted by molar-refractivity contribution is -0.166. The quantitative estimate of drug-likeness (QED) is 0.327. The van der Waals surface area contributed by atoms with Gasteiger partial charge in [0.05, 0.1) is 25.9 Å². The Bertz CT molecular complexity index is 1180. The van der Waals surface area contributed by atoms with E-state index in [0.717, 1.165) is 36.1 Å². The Morgan fingerprint density at radius 2 is 2.15 bits per heavy atom. The number of fused-ring (bicyclic) bond motifs is 1. The fourth-order valence-electron chi connectivity index (χ4n) is 4.05. The van der Waals surface area contributed by atoms with Crippen molar-refractivity contribution < 1.29 is 23.9 Å². The number of nitrogens with zero attached hydrogens (tertiary/aromatic N) is 2. The monoisotopic (exact) mass is 482 g/mol. The Hall–Kier alpha value is -3.50. The molecule has 1 aliphatic carbocycles. The second-order valence-electron chi connectivity index (χ2n) is 7.84. The molecule has 1 aromatic carbocycles. The van der Waals surface area contributed by atoms with Crippen LogP contribution in [0.15, 0.2) is 47.3 Å². The van der Waals surface area contributed by atoms with Crippen molar-refractivity contribution in [3.8, 4) is 17.0 Å².